The van der Waals surface area contributed by atoms with Gasteiger partial charge >= 0.3 is 0 Å². The molecule has 70 valence electrons. The Morgan fingerprint density at radius 1 is 1.62 bits per heavy atom. The molecule has 3 nitrogen and oxygen atoms in total. The molecule has 3 heteroatoms. The number of aryl methyl sites for hydroxylation is 1. The Labute approximate surface area is 79.1 Å². The Morgan fingerprint density at radius 3 is 3.08 bits per heavy atom. The third kappa shape index (κ3) is 3.30. The van der Waals surface area contributed by atoms with Crippen molar-refractivity contribution in [2.75, 3.05) is 6.54 Å². The molecule has 0 amide bonds. The van der Waals surface area contributed by atoms with Crippen LogP contribution in [0.2, 0.25) is 0 Å². The zero-order valence-electron chi connectivity index (χ0n) is 8.17. The van der Waals surface area contributed by atoms with E-state index in [1.807, 2.05) is 30.9 Å². The number of rotatable bonds is 4. The van der Waals surface area contributed by atoms with Crippen LogP contribution in [0.4, 0.5) is 0 Å². The van der Waals surface area contributed by atoms with Gasteiger partial charge in [0.05, 0.1) is 5.69 Å². The Kier molecular flexibility index (Phi) is 4.07. The first-order valence-corrected chi connectivity index (χ1v) is 4.42. The van der Waals surface area contributed by atoms with E-state index in [9.17, 15) is 0 Å². The van der Waals surface area contributed by atoms with E-state index in [1.165, 1.54) is 5.69 Å². The van der Waals surface area contributed by atoms with E-state index in [2.05, 4.69) is 22.3 Å². The van der Waals surface area contributed by atoms with Crippen molar-refractivity contribution in [3.63, 3.8) is 0 Å². The maximum absolute atomic E-state index is 4.08. The maximum atomic E-state index is 4.08. The molecule has 0 radical (unpaired) electrons. The van der Waals surface area contributed by atoms with Crippen LogP contribution in [0, 0.1) is 11.8 Å². The fourth-order valence-corrected chi connectivity index (χ4v) is 1.07. The van der Waals surface area contributed by atoms with Gasteiger partial charge in [0.25, 0.3) is 0 Å². The molecule has 0 aliphatic rings. The third-order valence-electron chi connectivity index (χ3n) is 1.83. The van der Waals surface area contributed by atoms with Crippen LogP contribution in [0.1, 0.15) is 19.0 Å². The molecule has 0 aromatic carbocycles. The first-order chi connectivity index (χ1) is 6.34. The zero-order valence-corrected chi connectivity index (χ0v) is 8.17. The van der Waals surface area contributed by atoms with Gasteiger partial charge in [0.1, 0.15) is 0 Å². The molecule has 0 saturated heterocycles. The van der Waals surface area contributed by atoms with Gasteiger partial charge in [0.2, 0.25) is 0 Å². The lowest BCUT2D eigenvalue weighted by atomic mass is 10.4. The van der Waals surface area contributed by atoms with Gasteiger partial charge in [-0.05, 0) is 13.0 Å². The van der Waals surface area contributed by atoms with E-state index in [0.29, 0.717) is 0 Å². The molecule has 0 saturated carbocycles. The van der Waals surface area contributed by atoms with Crippen LogP contribution in [-0.2, 0) is 13.6 Å². The lowest BCUT2D eigenvalue weighted by molar-refractivity contribution is 0.632. The summed E-state index contributed by atoms with van der Waals surface area (Å²) in [6.45, 7) is 3.66. The van der Waals surface area contributed by atoms with Crippen LogP contribution in [0.5, 0.6) is 0 Å². The molecule has 1 rings (SSSR count). The highest BCUT2D eigenvalue weighted by molar-refractivity contribution is 4.99. The highest BCUT2D eigenvalue weighted by Gasteiger charge is 1.95. The van der Waals surface area contributed by atoms with Crippen LogP contribution >= 0.6 is 0 Å². The van der Waals surface area contributed by atoms with E-state index in [0.717, 1.165) is 19.5 Å². The minimum absolute atomic E-state index is 0.863. The Bertz CT molecular complexity index is 303. The smallest absolute Gasteiger partial charge is 0.0518 e. The Morgan fingerprint density at radius 2 is 2.46 bits per heavy atom. The predicted octanol–water partition coefficient (Wildman–Crippen LogP) is 0.923. The van der Waals surface area contributed by atoms with Crippen molar-refractivity contribution >= 4 is 0 Å². The lowest BCUT2D eigenvalue weighted by Crippen LogP contribution is -2.16. The van der Waals surface area contributed by atoms with Crippen molar-refractivity contribution in [1.29, 1.82) is 0 Å². The third-order valence-corrected chi connectivity index (χ3v) is 1.83. The molecular formula is C10H15N3. The Balaban J connectivity index is 2.19. The molecule has 1 aromatic heterocycles. The largest absolute Gasteiger partial charge is 0.310 e. The number of nitrogens with zero attached hydrogens (tertiary/aromatic N) is 2. The summed E-state index contributed by atoms with van der Waals surface area (Å²) in [5.74, 6) is 5.87. The summed E-state index contributed by atoms with van der Waals surface area (Å²) in [6.07, 6.45) is 2.72. The fraction of sp³-hybridized carbons (Fsp3) is 0.500. The summed E-state index contributed by atoms with van der Waals surface area (Å²) < 4.78 is 1.87. The molecule has 1 aromatic rings. The summed E-state index contributed by atoms with van der Waals surface area (Å²) in [4.78, 5) is 0. The SMILES string of the molecule is CC#CCCNCc1ccnn1C. The van der Waals surface area contributed by atoms with E-state index in [-0.39, 0.29) is 0 Å². The Hall–Kier alpha value is -1.27. The minimum atomic E-state index is 0.863. The number of hydrogen-bond acceptors (Lipinski definition) is 2. The molecule has 0 atom stereocenters. The summed E-state index contributed by atoms with van der Waals surface area (Å²) in [6, 6.07) is 2.01. The molecular weight excluding hydrogens is 162 g/mol. The summed E-state index contributed by atoms with van der Waals surface area (Å²) >= 11 is 0. The molecule has 1 N–H and O–H groups in total. The standard InChI is InChI=1S/C10H15N3/c1-3-4-5-7-11-9-10-6-8-12-13(10)2/h6,8,11H,5,7,9H2,1-2H3. The normalized spacial score (nSPS) is 9.38. The van der Waals surface area contributed by atoms with Gasteiger partial charge < -0.3 is 5.32 Å². The minimum Gasteiger partial charge on any atom is -0.310 e. The van der Waals surface area contributed by atoms with Crippen molar-refractivity contribution in [1.82, 2.24) is 15.1 Å². The molecule has 1 heterocycles. The topological polar surface area (TPSA) is 29.9 Å². The molecule has 13 heavy (non-hydrogen) atoms. The van der Waals surface area contributed by atoms with Crippen molar-refractivity contribution in [3.8, 4) is 11.8 Å². The van der Waals surface area contributed by atoms with Gasteiger partial charge in [-0.1, -0.05) is 0 Å². The first kappa shape index (κ1) is 9.82. The molecule has 0 bridgehead atoms. The van der Waals surface area contributed by atoms with Crippen LogP contribution < -0.4 is 5.32 Å². The van der Waals surface area contributed by atoms with Crippen LogP contribution in [0.3, 0.4) is 0 Å². The van der Waals surface area contributed by atoms with Crippen LogP contribution in [-0.4, -0.2) is 16.3 Å². The van der Waals surface area contributed by atoms with Crippen LogP contribution in [0.25, 0.3) is 0 Å². The van der Waals surface area contributed by atoms with Crippen molar-refractivity contribution in [3.05, 3.63) is 18.0 Å². The monoisotopic (exact) mass is 177 g/mol. The van der Waals surface area contributed by atoms with Gasteiger partial charge in [-0.3, -0.25) is 4.68 Å². The molecule has 0 unspecified atom stereocenters. The van der Waals surface area contributed by atoms with Crippen molar-refractivity contribution in [2.45, 2.75) is 19.9 Å². The van der Waals surface area contributed by atoms with E-state index in [4.69, 9.17) is 0 Å². The number of hydrogen-bond donors (Lipinski definition) is 1. The number of aromatic nitrogens is 2. The lowest BCUT2D eigenvalue weighted by Gasteiger charge is -2.02. The van der Waals surface area contributed by atoms with E-state index < -0.39 is 0 Å². The highest BCUT2D eigenvalue weighted by Crippen LogP contribution is 1.94. The quantitative estimate of drug-likeness (QED) is 0.547. The summed E-state index contributed by atoms with van der Waals surface area (Å²) in [5.41, 5.74) is 1.20. The predicted molar refractivity (Wildman–Crippen MR) is 53.0 cm³/mol. The zero-order chi connectivity index (χ0) is 9.52. The van der Waals surface area contributed by atoms with Crippen molar-refractivity contribution < 1.29 is 0 Å². The molecule has 0 aliphatic carbocycles. The van der Waals surface area contributed by atoms with Gasteiger partial charge in [0, 0.05) is 32.8 Å². The van der Waals surface area contributed by atoms with Crippen molar-refractivity contribution in [2.24, 2.45) is 7.05 Å². The average Bonchev–Trinajstić information content (AvgIpc) is 2.52. The van der Waals surface area contributed by atoms with Gasteiger partial charge in [-0.15, -0.1) is 11.8 Å². The molecule has 0 aliphatic heterocycles. The first-order valence-electron chi connectivity index (χ1n) is 4.42. The number of nitrogens with one attached hydrogen (secondary N) is 1. The highest BCUT2D eigenvalue weighted by atomic mass is 15.3. The van der Waals surface area contributed by atoms with Gasteiger partial charge in [-0.2, -0.15) is 5.10 Å². The maximum Gasteiger partial charge on any atom is 0.0518 e. The fourth-order valence-electron chi connectivity index (χ4n) is 1.07. The average molecular weight is 177 g/mol. The second-order valence-electron chi connectivity index (χ2n) is 2.80. The van der Waals surface area contributed by atoms with Gasteiger partial charge in [0.15, 0.2) is 0 Å². The van der Waals surface area contributed by atoms with Crippen LogP contribution in [0.15, 0.2) is 12.3 Å². The van der Waals surface area contributed by atoms with E-state index in [1.54, 1.807) is 0 Å². The second kappa shape index (κ2) is 5.39. The van der Waals surface area contributed by atoms with E-state index >= 15 is 0 Å². The summed E-state index contributed by atoms with van der Waals surface area (Å²) in [5, 5.41) is 7.38. The second-order valence-corrected chi connectivity index (χ2v) is 2.80. The summed E-state index contributed by atoms with van der Waals surface area (Å²) in [7, 11) is 1.95. The molecule has 0 fully saturated rings. The van der Waals surface area contributed by atoms with Gasteiger partial charge in [-0.25, -0.2) is 0 Å². The molecule has 0 spiro atoms.